The van der Waals surface area contributed by atoms with Crippen LogP contribution in [0.4, 0.5) is 0 Å². The topological polar surface area (TPSA) is 0 Å². The molecule has 0 N–H and O–H groups in total. The van der Waals surface area contributed by atoms with Gasteiger partial charge in [0.25, 0.3) is 0 Å². The third-order valence-electron chi connectivity index (χ3n) is 6.77. The predicted molar refractivity (Wildman–Crippen MR) is 97.4 cm³/mol. The first kappa shape index (κ1) is 13.0. The van der Waals surface area contributed by atoms with Gasteiger partial charge in [0.2, 0.25) is 0 Å². The highest BCUT2D eigenvalue weighted by Crippen LogP contribution is 2.60. The fourth-order valence-electron chi connectivity index (χ4n) is 5.91. The third kappa shape index (κ3) is 1.54. The standard InChI is InChI=1S/C24H20/c1-2-8-16-14-22-21(13-15(16)7-1)23-17-9-3-5-11-19(17)24(22)20-12-6-4-10-18(20)23/h1-12,21-24H,13-14H2/t21-,22-,23?,24?/m1/s1. The normalized spacial score (nSPS) is 28.5. The summed E-state index contributed by atoms with van der Waals surface area (Å²) in [6, 6.07) is 27.6. The second-order valence-corrected chi connectivity index (χ2v) is 7.72. The van der Waals surface area contributed by atoms with Crippen molar-refractivity contribution in [2.45, 2.75) is 24.7 Å². The molecule has 0 saturated carbocycles. The van der Waals surface area contributed by atoms with Gasteiger partial charge in [0.05, 0.1) is 0 Å². The maximum absolute atomic E-state index is 2.39. The van der Waals surface area contributed by atoms with E-state index in [1.54, 1.807) is 33.4 Å². The van der Waals surface area contributed by atoms with Crippen molar-refractivity contribution in [2.24, 2.45) is 11.8 Å². The average Bonchev–Trinajstić information content (AvgIpc) is 2.66. The Balaban J connectivity index is 1.61. The van der Waals surface area contributed by atoms with Crippen LogP contribution in [-0.4, -0.2) is 0 Å². The van der Waals surface area contributed by atoms with Crippen molar-refractivity contribution in [3.8, 4) is 0 Å². The molecule has 0 radical (unpaired) electrons. The Morgan fingerprint density at radius 1 is 0.458 bits per heavy atom. The van der Waals surface area contributed by atoms with Crippen LogP contribution in [0.1, 0.15) is 45.2 Å². The lowest BCUT2D eigenvalue weighted by Crippen LogP contribution is -2.43. The van der Waals surface area contributed by atoms with E-state index >= 15 is 0 Å². The molecule has 0 saturated heterocycles. The molecule has 0 aromatic heterocycles. The molecule has 0 unspecified atom stereocenters. The molecule has 0 aliphatic heterocycles. The Kier molecular flexibility index (Phi) is 2.49. The molecule has 3 aromatic rings. The van der Waals surface area contributed by atoms with Crippen LogP contribution in [0.25, 0.3) is 0 Å². The molecule has 0 amide bonds. The summed E-state index contributed by atoms with van der Waals surface area (Å²) in [7, 11) is 0. The number of fused-ring (bicyclic) bond motifs is 1. The van der Waals surface area contributed by atoms with E-state index in [1.165, 1.54) is 12.8 Å². The van der Waals surface area contributed by atoms with E-state index < -0.39 is 0 Å². The fraction of sp³-hybridized carbons (Fsp3) is 0.250. The first-order valence-corrected chi connectivity index (χ1v) is 9.16. The van der Waals surface area contributed by atoms with Crippen LogP contribution in [0, 0.1) is 11.8 Å². The van der Waals surface area contributed by atoms with Crippen molar-refractivity contribution in [1.82, 2.24) is 0 Å². The molecule has 7 rings (SSSR count). The molecule has 24 heavy (non-hydrogen) atoms. The molecule has 0 fully saturated rings. The molecule has 4 aliphatic carbocycles. The molecule has 3 aromatic carbocycles. The summed E-state index contributed by atoms with van der Waals surface area (Å²) < 4.78 is 0. The fourth-order valence-corrected chi connectivity index (χ4v) is 5.91. The summed E-state index contributed by atoms with van der Waals surface area (Å²) in [5, 5.41) is 0. The highest BCUT2D eigenvalue weighted by molar-refractivity contribution is 5.57. The van der Waals surface area contributed by atoms with Gasteiger partial charge in [-0.15, -0.1) is 0 Å². The summed E-state index contributed by atoms with van der Waals surface area (Å²) in [5.74, 6) is 2.69. The second-order valence-electron chi connectivity index (χ2n) is 7.72. The summed E-state index contributed by atoms with van der Waals surface area (Å²) in [4.78, 5) is 0. The van der Waals surface area contributed by atoms with E-state index in [-0.39, 0.29) is 0 Å². The monoisotopic (exact) mass is 308 g/mol. The Hall–Kier alpha value is -2.34. The smallest absolute Gasteiger partial charge is 0.0130 e. The zero-order valence-corrected chi connectivity index (χ0v) is 13.7. The van der Waals surface area contributed by atoms with Crippen LogP contribution in [-0.2, 0) is 12.8 Å². The first-order chi connectivity index (χ1) is 11.9. The lowest BCUT2D eigenvalue weighted by molar-refractivity contribution is 0.213. The molecule has 0 heterocycles. The van der Waals surface area contributed by atoms with Gasteiger partial charge in [0, 0.05) is 11.8 Å². The van der Waals surface area contributed by atoms with Gasteiger partial charge in [-0.1, -0.05) is 72.8 Å². The number of hydrogen-bond acceptors (Lipinski definition) is 0. The van der Waals surface area contributed by atoms with Gasteiger partial charge >= 0.3 is 0 Å². The van der Waals surface area contributed by atoms with Crippen LogP contribution in [0.5, 0.6) is 0 Å². The largest absolute Gasteiger partial charge is 0.0620 e. The van der Waals surface area contributed by atoms with Gasteiger partial charge in [0.1, 0.15) is 0 Å². The summed E-state index contributed by atoms with van der Waals surface area (Å²) >= 11 is 0. The summed E-state index contributed by atoms with van der Waals surface area (Å²) in [5.41, 5.74) is 9.56. The van der Waals surface area contributed by atoms with E-state index in [2.05, 4.69) is 72.8 Å². The van der Waals surface area contributed by atoms with E-state index in [1.807, 2.05) is 0 Å². The quantitative estimate of drug-likeness (QED) is 0.528. The Morgan fingerprint density at radius 3 is 1.17 bits per heavy atom. The first-order valence-electron chi connectivity index (χ1n) is 9.16. The van der Waals surface area contributed by atoms with Crippen LogP contribution in [0.2, 0.25) is 0 Å². The zero-order valence-electron chi connectivity index (χ0n) is 13.7. The molecule has 116 valence electrons. The van der Waals surface area contributed by atoms with Gasteiger partial charge < -0.3 is 0 Å². The third-order valence-corrected chi connectivity index (χ3v) is 6.77. The van der Waals surface area contributed by atoms with Crippen molar-refractivity contribution < 1.29 is 0 Å². The van der Waals surface area contributed by atoms with Crippen molar-refractivity contribution in [3.05, 3.63) is 106 Å². The second kappa shape index (κ2) is 4.60. The van der Waals surface area contributed by atoms with E-state index in [4.69, 9.17) is 0 Å². The van der Waals surface area contributed by atoms with Crippen molar-refractivity contribution in [1.29, 1.82) is 0 Å². The summed E-state index contributed by atoms with van der Waals surface area (Å²) in [6.07, 6.45) is 2.48. The van der Waals surface area contributed by atoms with E-state index in [0.29, 0.717) is 11.8 Å². The minimum atomic E-state index is 0.584. The van der Waals surface area contributed by atoms with Crippen molar-refractivity contribution in [2.75, 3.05) is 0 Å². The van der Waals surface area contributed by atoms with Crippen molar-refractivity contribution >= 4 is 0 Å². The number of rotatable bonds is 0. The molecule has 0 nitrogen and oxygen atoms in total. The summed E-state index contributed by atoms with van der Waals surface area (Å²) in [6.45, 7) is 0. The highest BCUT2D eigenvalue weighted by Gasteiger charge is 2.50. The lowest BCUT2D eigenvalue weighted by Gasteiger charge is -2.53. The van der Waals surface area contributed by atoms with Gasteiger partial charge in [-0.3, -0.25) is 0 Å². The SMILES string of the molecule is c1ccc2c(c1)C[C@H]1C3c4ccccc4C(c4ccccc43)[C@@H]1C2. The van der Waals surface area contributed by atoms with Gasteiger partial charge in [-0.25, -0.2) is 0 Å². The minimum absolute atomic E-state index is 0.584. The molecule has 2 bridgehead atoms. The van der Waals surface area contributed by atoms with Gasteiger partial charge in [0.15, 0.2) is 0 Å². The zero-order chi connectivity index (χ0) is 15.7. The van der Waals surface area contributed by atoms with E-state index in [0.717, 1.165) is 11.8 Å². The Bertz CT molecular complexity index is 827. The van der Waals surface area contributed by atoms with Crippen LogP contribution >= 0.6 is 0 Å². The number of hydrogen-bond donors (Lipinski definition) is 0. The molecule has 0 spiro atoms. The molecule has 2 atom stereocenters. The molecule has 0 heteroatoms. The lowest BCUT2D eigenvalue weighted by atomic mass is 9.50. The number of benzene rings is 3. The van der Waals surface area contributed by atoms with Crippen LogP contribution in [0.15, 0.2) is 72.8 Å². The van der Waals surface area contributed by atoms with Gasteiger partial charge in [-0.2, -0.15) is 0 Å². The van der Waals surface area contributed by atoms with Crippen LogP contribution < -0.4 is 0 Å². The minimum Gasteiger partial charge on any atom is -0.0620 e. The highest BCUT2D eigenvalue weighted by atomic mass is 14.5. The van der Waals surface area contributed by atoms with Crippen LogP contribution in [0.3, 0.4) is 0 Å². The van der Waals surface area contributed by atoms with Crippen molar-refractivity contribution in [3.63, 3.8) is 0 Å². The molecule has 4 aliphatic rings. The maximum atomic E-state index is 2.39. The molecular weight excluding hydrogens is 288 g/mol. The Morgan fingerprint density at radius 2 is 0.792 bits per heavy atom. The Labute approximate surface area is 143 Å². The maximum Gasteiger partial charge on any atom is 0.0130 e. The van der Waals surface area contributed by atoms with E-state index in [9.17, 15) is 0 Å². The average molecular weight is 308 g/mol. The molecular formula is C24H20. The predicted octanol–water partition coefficient (Wildman–Crippen LogP) is 5.31. The van der Waals surface area contributed by atoms with Gasteiger partial charge in [-0.05, 0) is 58.1 Å².